The predicted octanol–water partition coefficient (Wildman–Crippen LogP) is 3.70. The number of ketones is 1. The normalized spacial score (nSPS) is 13.7. The first-order valence-corrected chi connectivity index (χ1v) is 10.9. The van der Waals surface area contributed by atoms with E-state index in [-0.39, 0.29) is 12.0 Å². The maximum absolute atomic E-state index is 13.9. The highest BCUT2D eigenvalue weighted by Gasteiger charge is 2.46. The standard InChI is InChI=1S/C27H25N3O4/c1-27(26(33)34,19-11-13-20(28)14-12-19)24(31)23(30-25(32)17-7-3-2-4-8-17)15-18-16-29-22-10-6-5-9-21(18)22/h2-14,16,23,29H,15,28H2,1H3,(H,30,32)(H,33,34)/t23-,27?/m0/s1. The smallest absolute Gasteiger partial charge is 0.321 e. The van der Waals surface area contributed by atoms with Gasteiger partial charge in [-0.3, -0.25) is 14.4 Å². The Balaban J connectivity index is 1.75. The van der Waals surface area contributed by atoms with E-state index in [2.05, 4.69) is 10.3 Å². The van der Waals surface area contributed by atoms with Crippen LogP contribution < -0.4 is 11.1 Å². The molecule has 0 saturated heterocycles. The zero-order chi connectivity index (χ0) is 24.3. The number of anilines is 1. The van der Waals surface area contributed by atoms with Crippen LogP contribution in [0.5, 0.6) is 0 Å². The Hall–Kier alpha value is -4.39. The van der Waals surface area contributed by atoms with Gasteiger partial charge in [0.05, 0.1) is 6.04 Å². The third-order valence-corrected chi connectivity index (χ3v) is 6.17. The second-order valence-corrected chi connectivity index (χ2v) is 8.37. The summed E-state index contributed by atoms with van der Waals surface area (Å²) in [5.41, 5.74) is 6.68. The van der Waals surface area contributed by atoms with Crippen LogP contribution in [0.3, 0.4) is 0 Å². The maximum Gasteiger partial charge on any atom is 0.321 e. The second kappa shape index (κ2) is 9.23. The first kappa shape index (κ1) is 22.8. The molecular formula is C27H25N3O4. The molecule has 0 fully saturated rings. The Morgan fingerprint density at radius 3 is 2.29 bits per heavy atom. The Morgan fingerprint density at radius 1 is 0.971 bits per heavy atom. The van der Waals surface area contributed by atoms with Gasteiger partial charge >= 0.3 is 5.97 Å². The lowest BCUT2D eigenvalue weighted by atomic mass is 9.75. The number of rotatable bonds is 8. The van der Waals surface area contributed by atoms with E-state index in [1.807, 2.05) is 24.3 Å². The molecule has 3 aromatic carbocycles. The number of carboxylic acids is 1. The molecule has 172 valence electrons. The summed E-state index contributed by atoms with van der Waals surface area (Å²) in [7, 11) is 0. The summed E-state index contributed by atoms with van der Waals surface area (Å²) in [6, 6.07) is 21.2. The van der Waals surface area contributed by atoms with Gasteiger partial charge < -0.3 is 21.1 Å². The van der Waals surface area contributed by atoms with Crippen LogP contribution in [0.4, 0.5) is 5.69 Å². The Kier molecular flexibility index (Phi) is 6.19. The number of fused-ring (bicyclic) bond motifs is 1. The first-order chi connectivity index (χ1) is 16.3. The number of nitrogens with one attached hydrogen (secondary N) is 2. The minimum absolute atomic E-state index is 0.124. The number of carboxylic acid groups (broad SMARTS) is 1. The highest BCUT2D eigenvalue weighted by atomic mass is 16.4. The molecule has 1 heterocycles. The first-order valence-electron chi connectivity index (χ1n) is 10.9. The van der Waals surface area contributed by atoms with Crippen molar-refractivity contribution in [3.8, 4) is 0 Å². The van der Waals surface area contributed by atoms with Gasteiger partial charge in [0.25, 0.3) is 5.91 Å². The maximum atomic E-state index is 13.9. The Labute approximate surface area is 196 Å². The number of Topliss-reactive ketones (excluding diaryl/α,β-unsaturated/α-hetero) is 1. The molecular weight excluding hydrogens is 430 g/mol. The number of nitrogen functional groups attached to an aromatic ring is 1. The molecule has 0 aliphatic rings. The van der Waals surface area contributed by atoms with Gasteiger partial charge in [-0.1, -0.05) is 48.5 Å². The number of aliphatic carboxylic acids is 1. The molecule has 5 N–H and O–H groups in total. The summed E-state index contributed by atoms with van der Waals surface area (Å²) in [6.45, 7) is 1.36. The average Bonchev–Trinajstić information content (AvgIpc) is 3.26. The number of carbonyl (C=O) groups is 3. The lowest BCUT2D eigenvalue weighted by molar-refractivity contribution is -0.148. The monoisotopic (exact) mass is 455 g/mol. The van der Waals surface area contributed by atoms with Crippen LogP contribution >= 0.6 is 0 Å². The van der Waals surface area contributed by atoms with Gasteiger partial charge in [-0.25, -0.2) is 0 Å². The molecule has 0 spiro atoms. The van der Waals surface area contributed by atoms with Gasteiger partial charge in [0.2, 0.25) is 0 Å². The molecule has 1 aromatic heterocycles. The van der Waals surface area contributed by atoms with Crippen LogP contribution in [0.25, 0.3) is 10.9 Å². The van der Waals surface area contributed by atoms with E-state index in [4.69, 9.17) is 5.73 Å². The number of H-pyrrole nitrogens is 1. The summed E-state index contributed by atoms with van der Waals surface area (Å²) in [4.78, 5) is 42.5. The van der Waals surface area contributed by atoms with E-state index in [0.717, 1.165) is 16.5 Å². The lowest BCUT2D eigenvalue weighted by Crippen LogP contribution is -2.53. The van der Waals surface area contributed by atoms with Crippen LogP contribution in [0.15, 0.2) is 85.1 Å². The minimum atomic E-state index is -1.89. The van der Waals surface area contributed by atoms with Gasteiger partial charge in [-0.15, -0.1) is 0 Å². The van der Waals surface area contributed by atoms with Gasteiger partial charge in [0.15, 0.2) is 11.2 Å². The lowest BCUT2D eigenvalue weighted by Gasteiger charge is -2.29. The number of benzene rings is 3. The molecule has 0 aliphatic carbocycles. The van der Waals surface area contributed by atoms with Crippen molar-refractivity contribution in [1.29, 1.82) is 0 Å². The predicted molar refractivity (Wildman–Crippen MR) is 131 cm³/mol. The van der Waals surface area contributed by atoms with Crippen molar-refractivity contribution in [2.24, 2.45) is 0 Å². The number of aromatic nitrogens is 1. The van der Waals surface area contributed by atoms with Gasteiger partial charge in [-0.05, 0) is 48.4 Å². The fourth-order valence-electron chi connectivity index (χ4n) is 4.10. The Bertz CT molecular complexity index is 1350. The quantitative estimate of drug-likeness (QED) is 0.238. The van der Waals surface area contributed by atoms with Gasteiger partial charge in [0.1, 0.15) is 0 Å². The molecule has 1 amide bonds. The summed E-state index contributed by atoms with van der Waals surface area (Å²) in [6.07, 6.45) is 1.90. The molecule has 7 nitrogen and oxygen atoms in total. The van der Waals surface area contributed by atoms with Crippen molar-refractivity contribution >= 4 is 34.3 Å². The van der Waals surface area contributed by atoms with Crippen molar-refractivity contribution < 1.29 is 19.5 Å². The number of hydrogen-bond acceptors (Lipinski definition) is 4. The number of aromatic amines is 1. The zero-order valence-corrected chi connectivity index (χ0v) is 18.6. The Morgan fingerprint density at radius 2 is 1.62 bits per heavy atom. The highest BCUT2D eigenvalue weighted by Crippen LogP contribution is 2.30. The number of hydrogen-bond donors (Lipinski definition) is 4. The van der Waals surface area contributed by atoms with Crippen molar-refractivity contribution in [2.75, 3.05) is 5.73 Å². The van der Waals surface area contributed by atoms with Gasteiger partial charge in [-0.2, -0.15) is 0 Å². The molecule has 0 radical (unpaired) electrons. The van der Waals surface area contributed by atoms with E-state index in [1.54, 1.807) is 48.7 Å². The van der Waals surface area contributed by atoms with Crippen LogP contribution in [-0.4, -0.2) is 33.8 Å². The van der Waals surface area contributed by atoms with E-state index in [9.17, 15) is 19.5 Å². The molecule has 1 unspecified atom stereocenters. The third-order valence-electron chi connectivity index (χ3n) is 6.17. The van der Waals surface area contributed by atoms with Crippen molar-refractivity contribution in [3.63, 3.8) is 0 Å². The number of para-hydroxylation sites is 1. The molecule has 0 saturated carbocycles. The van der Waals surface area contributed by atoms with Gasteiger partial charge in [0, 0.05) is 34.8 Å². The summed E-state index contributed by atoms with van der Waals surface area (Å²) in [5.74, 6) is -2.39. The molecule has 2 atom stereocenters. The topological polar surface area (TPSA) is 125 Å². The van der Waals surface area contributed by atoms with E-state index >= 15 is 0 Å². The van der Waals surface area contributed by atoms with Crippen LogP contribution in [0.2, 0.25) is 0 Å². The molecule has 7 heteroatoms. The fraction of sp³-hybridized carbons (Fsp3) is 0.148. The van der Waals surface area contributed by atoms with Crippen LogP contribution in [0.1, 0.15) is 28.4 Å². The number of nitrogens with two attached hydrogens (primary N) is 1. The van der Waals surface area contributed by atoms with Crippen molar-refractivity contribution in [3.05, 3.63) is 102 Å². The van der Waals surface area contributed by atoms with E-state index in [0.29, 0.717) is 11.3 Å². The largest absolute Gasteiger partial charge is 0.480 e. The third kappa shape index (κ3) is 4.28. The highest BCUT2D eigenvalue weighted by molar-refractivity contribution is 6.12. The zero-order valence-electron chi connectivity index (χ0n) is 18.6. The van der Waals surface area contributed by atoms with E-state index < -0.39 is 29.1 Å². The summed E-state index contributed by atoms with van der Waals surface area (Å²) < 4.78 is 0. The number of carbonyl (C=O) groups excluding carboxylic acids is 2. The molecule has 0 aliphatic heterocycles. The SMILES string of the molecule is CC(C(=O)O)(C(=O)[C@H](Cc1c[nH]c2ccccc12)NC(=O)c1ccccc1)c1ccc(N)cc1. The number of amides is 1. The van der Waals surface area contributed by atoms with Crippen molar-refractivity contribution in [2.45, 2.75) is 24.8 Å². The van der Waals surface area contributed by atoms with Crippen LogP contribution in [0, 0.1) is 0 Å². The summed E-state index contributed by atoms with van der Waals surface area (Å²) >= 11 is 0. The van der Waals surface area contributed by atoms with E-state index in [1.165, 1.54) is 19.1 Å². The fourth-order valence-corrected chi connectivity index (χ4v) is 4.10. The molecule has 4 aromatic rings. The molecule has 0 bridgehead atoms. The summed E-state index contributed by atoms with van der Waals surface area (Å²) in [5, 5.41) is 13.8. The van der Waals surface area contributed by atoms with Crippen LogP contribution in [-0.2, 0) is 21.4 Å². The molecule has 4 rings (SSSR count). The average molecular weight is 456 g/mol. The molecule has 34 heavy (non-hydrogen) atoms. The second-order valence-electron chi connectivity index (χ2n) is 8.37. The minimum Gasteiger partial charge on any atom is -0.480 e. The van der Waals surface area contributed by atoms with Crippen molar-refractivity contribution in [1.82, 2.24) is 10.3 Å².